The Morgan fingerprint density at radius 2 is 2.19 bits per heavy atom. The molecule has 1 aliphatic rings. The average Bonchev–Trinajstić information content (AvgIpc) is 3.19. The van der Waals surface area contributed by atoms with E-state index in [1.54, 1.807) is 49.3 Å². The third-order valence-electron chi connectivity index (χ3n) is 5.15. The molecule has 0 unspecified atom stereocenters. The standard InChI is InChI=1S/C23H20FN7O/c1-4-28-21-16-6-5-15(24)8-17(16)13(2)32-20-7-14(10-29-23(20)26)22-18(9-25)30-12-31(22)11-19(21)27-3/h4-8,10,12-13H,3,11H2,1-2H3,(H2,26,29)/b21-19-,28-4-/t13-/m1/s1. The Labute approximate surface area is 184 Å². The summed E-state index contributed by atoms with van der Waals surface area (Å²) >= 11 is 0. The van der Waals surface area contributed by atoms with Gasteiger partial charge in [-0.25, -0.2) is 14.4 Å². The van der Waals surface area contributed by atoms with Gasteiger partial charge in [-0.1, -0.05) is 0 Å². The van der Waals surface area contributed by atoms with Gasteiger partial charge in [0.1, 0.15) is 18.0 Å². The van der Waals surface area contributed by atoms with Gasteiger partial charge in [0.05, 0.1) is 30.0 Å². The molecule has 8 nitrogen and oxygen atoms in total. The normalized spacial score (nSPS) is 18.0. The molecule has 0 radical (unpaired) electrons. The third kappa shape index (κ3) is 3.63. The summed E-state index contributed by atoms with van der Waals surface area (Å²) in [4.78, 5) is 17.2. The highest BCUT2D eigenvalue weighted by Gasteiger charge is 2.23. The molecule has 2 N–H and O–H groups in total. The zero-order valence-electron chi connectivity index (χ0n) is 17.6. The van der Waals surface area contributed by atoms with Crippen molar-refractivity contribution in [1.82, 2.24) is 14.5 Å². The number of nitrogens with zero attached hydrogens (tertiary/aromatic N) is 6. The zero-order chi connectivity index (χ0) is 22.8. The minimum absolute atomic E-state index is 0.177. The van der Waals surface area contributed by atoms with Crippen molar-refractivity contribution in [2.45, 2.75) is 26.5 Å². The van der Waals surface area contributed by atoms with E-state index in [0.717, 1.165) is 0 Å². The molecule has 32 heavy (non-hydrogen) atoms. The average molecular weight is 429 g/mol. The number of pyridine rings is 1. The van der Waals surface area contributed by atoms with Crippen LogP contribution in [0.1, 0.15) is 36.8 Å². The van der Waals surface area contributed by atoms with Crippen LogP contribution in [0.4, 0.5) is 10.2 Å². The van der Waals surface area contributed by atoms with E-state index in [2.05, 4.69) is 32.7 Å². The number of rotatable bonds is 2. The van der Waals surface area contributed by atoms with Crippen molar-refractivity contribution in [3.05, 3.63) is 65.1 Å². The molecule has 3 aromatic rings. The molecule has 0 fully saturated rings. The lowest BCUT2D eigenvalue weighted by molar-refractivity contribution is 0.227. The van der Waals surface area contributed by atoms with Crippen molar-refractivity contribution in [2.75, 3.05) is 5.73 Å². The highest BCUT2D eigenvalue weighted by Crippen LogP contribution is 2.37. The number of benzene rings is 1. The molecule has 2 aromatic heterocycles. The maximum absolute atomic E-state index is 14.2. The van der Waals surface area contributed by atoms with Crippen LogP contribution >= 0.6 is 0 Å². The van der Waals surface area contributed by atoms with Crippen molar-refractivity contribution >= 4 is 24.4 Å². The number of hydrogen-bond donors (Lipinski definition) is 1. The first-order valence-electron chi connectivity index (χ1n) is 9.83. The lowest BCUT2D eigenvalue weighted by atomic mass is 9.98. The van der Waals surface area contributed by atoms with Crippen molar-refractivity contribution in [2.24, 2.45) is 9.98 Å². The first-order valence-corrected chi connectivity index (χ1v) is 9.83. The van der Waals surface area contributed by atoms with E-state index >= 15 is 0 Å². The zero-order valence-corrected chi connectivity index (χ0v) is 17.6. The molecular weight excluding hydrogens is 409 g/mol. The van der Waals surface area contributed by atoms with Crippen LogP contribution < -0.4 is 10.5 Å². The second-order valence-corrected chi connectivity index (χ2v) is 7.12. The Hall–Kier alpha value is -4.32. The second-order valence-electron chi connectivity index (χ2n) is 7.12. The van der Waals surface area contributed by atoms with Crippen LogP contribution in [-0.2, 0) is 6.54 Å². The Morgan fingerprint density at radius 1 is 1.38 bits per heavy atom. The summed E-state index contributed by atoms with van der Waals surface area (Å²) in [5.41, 5.74) is 9.67. The molecule has 1 aromatic carbocycles. The minimum Gasteiger partial charge on any atom is -0.482 e. The smallest absolute Gasteiger partial charge is 0.166 e. The van der Waals surface area contributed by atoms with Crippen molar-refractivity contribution in [3.63, 3.8) is 0 Å². The SMILES string of the molecule is C=N/C1=C(\N=C/C)c2ccc(F)cc2[C@@H](C)Oc2cc(cnc2N)-c2c(C#N)ncn2C1. The summed E-state index contributed by atoms with van der Waals surface area (Å²) in [6, 6.07) is 8.20. The molecule has 0 saturated heterocycles. The van der Waals surface area contributed by atoms with E-state index in [0.29, 0.717) is 39.5 Å². The van der Waals surface area contributed by atoms with Gasteiger partial charge in [0.15, 0.2) is 17.3 Å². The maximum atomic E-state index is 14.2. The first kappa shape index (κ1) is 20.9. The number of allylic oxidation sites excluding steroid dienone is 1. The number of halogens is 1. The molecule has 0 saturated carbocycles. The molecule has 0 aliphatic carbocycles. The number of nitrogen functional groups attached to an aromatic ring is 1. The van der Waals surface area contributed by atoms with Crippen molar-refractivity contribution in [1.29, 1.82) is 5.26 Å². The van der Waals surface area contributed by atoms with Gasteiger partial charge in [-0.05, 0) is 44.8 Å². The van der Waals surface area contributed by atoms with Gasteiger partial charge in [-0.15, -0.1) is 0 Å². The van der Waals surface area contributed by atoms with Crippen LogP contribution in [-0.4, -0.2) is 27.5 Å². The predicted molar refractivity (Wildman–Crippen MR) is 121 cm³/mol. The van der Waals surface area contributed by atoms with Gasteiger partial charge in [0.25, 0.3) is 0 Å². The molecule has 0 amide bonds. The maximum Gasteiger partial charge on any atom is 0.166 e. The van der Waals surface area contributed by atoms with E-state index in [1.165, 1.54) is 12.1 Å². The Bertz CT molecular complexity index is 1320. The molecule has 2 bridgehead atoms. The Morgan fingerprint density at radius 3 is 2.91 bits per heavy atom. The van der Waals surface area contributed by atoms with Gasteiger partial charge < -0.3 is 15.0 Å². The number of hydrogen-bond acceptors (Lipinski definition) is 7. The fourth-order valence-corrected chi connectivity index (χ4v) is 3.69. The summed E-state index contributed by atoms with van der Waals surface area (Å²) in [6.45, 7) is 7.51. The fourth-order valence-electron chi connectivity index (χ4n) is 3.69. The van der Waals surface area contributed by atoms with Gasteiger partial charge in [0, 0.05) is 29.1 Å². The highest BCUT2D eigenvalue weighted by atomic mass is 19.1. The summed E-state index contributed by atoms with van der Waals surface area (Å²) in [6.07, 6.45) is 4.14. The minimum atomic E-state index is -0.590. The summed E-state index contributed by atoms with van der Waals surface area (Å²) in [7, 11) is 0. The largest absolute Gasteiger partial charge is 0.482 e. The first-order chi connectivity index (χ1) is 15.5. The van der Waals surface area contributed by atoms with Crippen molar-refractivity contribution in [3.8, 4) is 23.1 Å². The Kier molecular flexibility index (Phi) is 5.52. The topological polar surface area (TPSA) is 114 Å². The van der Waals surface area contributed by atoms with Gasteiger partial charge >= 0.3 is 0 Å². The van der Waals surface area contributed by atoms with E-state index in [9.17, 15) is 9.65 Å². The van der Waals surface area contributed by atoms with E-state index in [4.69, 9.17) is 10.5 Å². The monoisotopic (exact) mass is 429 g/mol. The van der Waals surface area contributed by atoms with E-state index < -0.39 is 11.9 Å². The number of fused-ring (bicyclic) bond motifs is 5. The molecule has 4 rings (SSSR count). The number of imidazole rings is 1. The molecule has 1 atom stereocenters. The lowest BCUT2D eigenvalue weighted by Crippen LogP contribution is -2.11. The van der Waals surface area contributed by atoms with E-state index in [1.807, 2.05) is 0 Å². The van der Waals surface area contributed by atoms with Gasteiger partial charge in [0.2, 0.25) is 0 Å². The van der Waals surface area contributed by atoms with Gasteiger partial charge in [-0.2, -0.15) is 5.26 Å². The number of aliphatic imine (C=N–C) groups is 2. The van der Waals surface area contributed by atoms with E-state index in [-0.39, 0.29) is 18.1 Å². The molecule has 160 valence electrons. The predicted octanol–water partition coefficient (Wildman–Crippen LogP) is 4.15. The Balaban J connectivity index is 2.08. The number of anilines is 1. The summed E-state index contributed by atoms with van der Waals surface area (Å²) in [5, 5.41) is 9.61. The highest BCUT2D eigenvalue weighted by molar-refractivity contribution is 5.77. The fraction of sp³-hybridized carbons (Fsp3) is 0.174. The van der Waals surface area contributed by atoms with Crippen LogP contribution in [0.3, 0.4) is 0 Å². The number of nitriles is 1. The van der Waals surface area contributed by atoms with Crippen LogP contribution in [0, 0.1) is 17.1 Å². The van der Waals surface area contributed by atoms with Crippen LogP contribution in [0.5, 0.6) is 5.75 Å². The summed E-state index contributed by atoms with van der Waals surface area (Å²) in [5.74, 6) is 0.0830. The van der Waals surface area contributed by atoms with Crippen LogP contribution in [0.2, 0.25) is 0 Å². The van der Waals surface area contributed by atoms with Crippen LogP contribution in [0.15, 0.2) is 52.5 Å². The van der Waals surface area contributed by atoms with Crippen molar-refractivity contribution < 1.29 is 9.13 Å². The summed E-state index contributed by atoms with van der Waals surface area (Å²) < 4.78 is 22.1. The molecule has 0 spiro atoms. The third-order valence-corrected chi connectivity index (χ3v) is 5.15. The number of aromatic nitrogens is 3. The number of nitrogens with two attached hydrogens (primary N) is 1. The molecule has 3 heterocycles. The molecule has 9 heteroatoms. The molecular formula is C23H20FN7O. The quantitative estimate of drug-likeness (QED) is 0.615. The van der Waals surface area contributed by atoms with Gasteiger partial charge in [-0.3, -0.25) is 9.98 Å². The number of ether oxygens (including phenoxy) is 1. The van der Waals surface area contributed by atoms with Crippen LogP contribution in [0.25, 0.3) is 17.0 Å². The lowest BCUT2D eigenvalue weighted by Gasteiger charge is -2.22. The second kappa shape index (κ2) is 8.43. The molecule has 1 aliphatic heterocycles.